The molecular formula is C19H20O4. The second kappa shape index (κ2) is 5.95. The molecule has 23 heavy (non-hydrogen) atoms. The van der Waals surface area contributed by atoms with E-state index in [9.17, 15) is 4.79 Å². The highest BCUT2D eigenvalue weighted by atomic mass is 16.5. The lowest BCUT2D eigenvalue weighted by Gasteiger charge is -2.31. The molecule has 1 aliphatic heterocycles. The highest BCUT2D eigenvalue weighted by molar-refractivity contribution is 6.01. The van der Waals surface area contributed by atoms with Crippen molar-refractivity contribution in [3.8, 4) is 17.2 Å². The van der Waals surface area contributed by atoms with Crippen molar-refractivity contribution in [2.24, 2.45) is 5.92 Å². The van der Waals surface area contributed by atoms with Crippen molar-refractivity contribution in [3.05, 3.63) is 53.1 Å². The van der Waals surface area contributed by atoms with Crippen LogP contribution >= 0.6 is 0 Å². The van der Waals surface area contributed by atoms with E-state index in [1.165, 1.54) is 0 Å². The Labute approximate surface area is 136 Å². The number of ketones is 1. The monoisotopic (exact) mass is 312 g/mol. The van der Waals surface area contributed by atoms with E-state index in [-0.39, 0.29) is 17.8 Å². The summed E-state index contributed by atoms with van der Waals surface area (Å²) in [7, 11) is 3.19. The highest BCUT2D eigenvalue weighted by Crippen LogP contribution is 2.41. The molecule has 0 fully saturated rings. The number of rotatable bonds is 3. The zero-order chi connectivity index (χ0) is 16.6. The largest absolute Gasteiger partial charge is 0.493 e. The summed E-state index contributed by atoms with van der Waals surface area (Å²) in [5.74, 6) is 1.76. The number of Topliss-reactive ketones (excluding diaryl/α,β-unsaturated/α-hetero) is 1. The number of benzene rings is 2. The Balaban J connectivity index is 2.01. The zero-order valence-electron chi connectivity index (χ0n) is 13.8. The predicted molar refractivity (Wildman–Crippen MR) is 87.6 cm³/mol. The predicted octanol–water partition coefficient (Wildman–Crippen LogP) is 3.96. The normalized spacial score (nSPS) is 19.7. The minimum Gasteiger partial charge on any atom is -0.493 e. The number of hydrogen-bond acceptors (Lipinski definition) is 4. The molecule has 4 heteroatoms. The first-order chi connectivity index (χ1) is 11.0. The molecule has 2 unspecified atom stereocenters. The second-order valence-corrected chi connectivity index (χ2v) is 5.81. The van der Waals surface area contributed by atoms with Crippen molar-refractivity contribution in [2.45, 2.75) is 20.0 Å². The van der Waals surface area contributed by atoms with Crippen molar-refractivity contribution >= 4 is 5.78 Å². The molecule has 0 radical (unpaired) electrons. The van der Waals surface area contributed by atoms with E-state index in [0.717, 1.165) is 11.1 Å². The van der Waals surface area contributed by atoms with Gasteiger partial charge in [-0.05, 0) is 36.8 Å². The maximum absolute atomic E-state index is 12.7. The minimum atomic E-state index is -0.336. The third-order valence-corrected chi connectivity index (χ3v) is 4.26. The van der Waals surface area contributed by atoms with Gasteiger partial charge in [-0.2, -0.15) is 0 Å². The molecule has 0 amide bonds. The van der Waals surface area contributed by atoms with Crippen molar-refractivity contribution in [3.63, 3.8) is 0 Å². The van der Waals surface area contributed by atoms with Gasteiger partial charge in [0.05, 0.1) is 25.7 Å². The maximum Gasteiger partial charge on any atom is 0.173 e. The fourth-order valence-electron chi connectivity index (χ4n) is 2.95. The third kappa shape index (κ3) is 2.65. The molecule has 2 aromatic carbocycles. The molecule has 120 valence electrons. The molecule has 0 aliphatic carbocycles. The molecule has 0 aromatic heterocycles. The Hall–Kier alpha value is -2.49. The van der Waals surface area contributed by atoms with Crippen molar-refractivity contribution in [2.75, 3.05) is 14.2 Å². The first kappa shape index (κ1) is 15.4. The second-order valence-electron chi connectivity index (χ2n) is 5.81. The molecule has 2 aromatic rings. The highest BCUT2D eigenvalue weighted by Gasteiger charge is 2.35. The smallest absolute Gasteiger partial charge is 0.173 e. The van der Waals surface area contributed by atoms with Crippen LogP contribution in [-0.4, -0.2) is 20.0 Å². The molecule has 0 saturated heterocycles. The van der Waals surface area contributed by atoms with Gasteiger partial charge in [-0.3, -0.25) is 4.79 Å². The summed E-state index contributed by atoms with van der Waals surface area (Å²) in [5, 5.41) is 0. The first-order valence-electron chi connectivity index (χ1n) is 7.58. The van der Waals surface area contributed by atoms with Crippen LogP contribution in [0, 0.1) is 12.8 Å². The Morgan fingerprint density at radius 3 is 2.43 bits per heavy atom. The number of ether oxygens (including phenoxy) is 3. The molecule has 1 aliphatic rings. The van der Waals surface area contributed by atoms with Crippen LogP contribution in [0.4, 0.5) is 0 Å². The SMILES string of the molecule is COc1ccc(C2Oc3ccc(C)cc3C(=O)C2C)cc1OC. The van der Waals surface area contributed by atoms with Gasteiger partial charge in [0.15, 0.2) is 17.3 Å². The maximum atomic E-state index is 12.7. The number of carbonyl (C=O) groups is 1. The summed E-state index contributed by atoms with van der Waals surface area (Å²) in [5.41, 5.74) is 2.61. The van der Waals surface area contributed by atoms with Crippen LogP contribution in [0.2, 0.25) is 0 Å². The number of methoxy groups -OCH3 is 2. The van der Waals surface area contributed by atoms with E-state index < -0.39 is 0 Å². The molecule has 0 saturated carbocycles. The molecule has 4 nitrogen and oxygen atoms in total. The lowest BCUT2D eigenvalue weighted by atomic mass is 9.86. The van der Waals surface area contributed by atoms with Gasteiger partial charge in [0.25, 0.3) is 0 Å². The molecular weight excluding hydrogens is 292 g/mol. The first-order valence-corrected chi connectivity index (χ1v) is 7.58. The summed E-state index contributed by atoms with van der Waals surface area (Å²) in [6.07, 6.45) is -0.336. The van der Waals surface area contributed by atoms with Gasteiger partial charge in [0.1, 0.15) is 11.9 Å². The summed E-state index contributed by atoms with van der Waals surface area (Å²) in [6.45, 7) is 3.87. The standard InChI is InChI=1S/C19H20O4/c1-11-5-7-15-14(9-11)18(20)12(2)19(23-15)13-6-8-16(21-3)17(10-13)22-4/h5-10,12,19H,1-4H3. The van der Waals surface area contributed by atoms with E-state index in [0.29, 0.717) is 22.8 Å². The van der Waals surface area contributed by atoms with E-state index in [4.69, 9.17) is 14.2 Å². The van der Waals surface area contributed by atoms with Gasteiger partial charge >= 0.3 is 0 Å². The van der Waals surface area contributed by atoms with Gasteiger partial charge in [-0.15, -0.1) is 0 Å². The number of aryl methyl sites for hydroxylation is 1. The van der Waals surface area contributed by atoms with E-state index in [1.54, 1.807) is 14.2 Å². The molecule has 3 rings (SSSR count). The molecule has 0 N–H and O–H groups in total. The van der Waals surface area contributed by atoms with Crippen LogP contribution in [0.1, 0.15) is 34.5 Å². The van der Waals surface area contributed by atoms with Crippen molar-refractivity contribution in [1.82, 2.24) is 0 Å². The fourth-order valence-corrected chi connectivity index (χ4v) is 2.95. The molecule has 1 heterocycles. The minimum absolute atomic E-state index is 0.106. The van der Waals surface area contributed by atoms with Crippen LogP contribution in [0.15, 0.2) is 36.4 Å². The fraction of sp³-hybridized carbons (Fsp3) is 0.316. The number of hydrogen-bond donors (Lipinski definition) is 0. The third-order valence-electron chi connectivity index (χ3n) is 4.26. The summed E-state index contributed by atoms with van der Waals surface area (Å²) in [4.78, 5) is 12.7. The zero-order valence-corrected chi connectivity index (χ0v) is 13.8. The van der Waals surface area contributed by atoms with Crippen LogP contribution in [0.5, 0.6) is 17.2 Å². The van der Waals surface area contributed by atoms with Gasteiger partial charge in [0, 0.05) is 0 Å². The van der Waals surface area contributed by atoms with Crippen molar-refractivity contribution < 1.29 is 19.0 Å². The Morgan fingerprint density at radius 2 is 1.74 bits per heavy atom. The average Bonchev–Trinajstić information content (AvgIpc) is 2.58. The topological polar surface area (TPSA) is 44.8 Å². The molecule has 0 bridgehead atoms. The van der Waals surface area contributed by atoms with Crippen LogP contribution in [0.25, 0.3) is 0 Å². The Morgan fingerprint density at radius 1 is 1.00 bits per heavy atom. The van der Waals surface area contributed by atoms with E-state index in [2.05, 4.69) is 0 Å². The Kier molecular flexibility index (Phi) is 3.99. The van der Waals surface area contributed by atoms with Gasteiger partial charge < -0.3 is 14.2 Å². The average molecular weight is 312 g/mol. The van der Waals surface area contributed by atoms with E-state index in [1.807, 2.05) is 50.2 Å². The van der Waals surface area contributed by atoms with Gasteiger partial charge in [-0.25, -0.2) is 0 Å². The number of carbonyl (C=O) groups excluding carboxylic acids is 1. The van der Waals surface area contributed by atoms with E-state index >= 15 is 0 Å². The number of fused-ring (bicyclic) bond motifs is 1. The molecule has 2 atom stereocenters. The molecule has 0 spiro atoms. The summed E-state index contributed by atoms with van der Waals surface area (Å²) < 4.78 is 16.7. The van der Waals surface area contributed by atoms with Crippen LogP contribution in [0.3, 0.4) is 0 Å². The van der Waals surface area contributed by atoms with Gasteiger partial charge in [-0.1, -0.05) is 24.6 Å². The lowest BCUT2D eigenvalue weighted by molar-refractivity contribution is 0.0690. The Bertz CT molecular complexity index is 751. The lowest BCUT2D eigenvalue weighted by Crippen LogP contribution is -2.29. The summed E-state index contributed by atoms with van der Waals surface area (Å²) >= 11 is 0. The van der Waals surface area contributed by atoms with Gasteiger partial charge in [0.2, 0.25) is 0 Å². The van der Waals surface area contributed by atoms with Crippen LogP contribution in [-0.2, 0) is 0 Å². The summed E-state index contributed by atoms with van der Waals surface area (Å²) in [6, 6.07) is 11.3. The van der Waals surface area contributed by atoms with Crippen molar-refractivity contribution in [1.29, 1.82) is 0 Å². The quantitative estimate of drug-likeness (QED) is 0.860. The van der Waals surface area contributed by atoms with Crippen LogP contribution < -0.4 is 14.2 Å².